The van der Waals surface area contributed by atoms with Crippen molar-refractivity contribution >= 4 is 11.7 Å². The minimum Gasteiger partial charge on any atom is -0.466 e. The normalized spacial score (nSPS) is 23.6. The summed E-state index contributed by atoms with van der Waals surface area (Å²) in [7, 11) is 0. The molecule has 0 bridgehead atoms. The second-order valence-electron chi connectivity index (χ2n) is 9.14. The van der Waals surface area contributed by atoms with Gasteiger partial charge in [0, 0.05) is 6.61 Å². The van der Waals surface area contributed by atoms with E-state index in [-0.39, 0.29) is 48.3 Å². The fourth-order valence-corrected chi connectivity index (χ4v) is 3.92. The Hall–Kier alpha value is -2.33. The number of esters is 1. The molecule has 31 heavy (non-hydrogen) atoms. The van der Waals surface area contributed by atoms with Gasteiger partial charge in [-0.15, -0.1) is 0 Å². The van der Waals surface area contributed by atoms with Gasteiger partial charge in [0.25, 0.3) is 5.88 Å². The summed E-state index contributed by atoms with van der Waals surface area (Å²) in [6, 6.07) is 0. The van der Waals surface area contributed by atoms with Crippen molar-refractivity contribution in [3.63, 3.8) is 0 Å². The third kappa shape index (κ3) is 6.33. The zero-order valence-electron chi connectivity index (χ0n) is 18.8. The Bertz CT molecular complexity index is 794. The third-order valence-corrected chi connectivity index (χ3v) is 5.53. The maximum atomic E-state index is 12.0. The van der Waals surface area contributed by atoms with E-state index in [9.17, 15) is 25.1 Å². The number of nitro groups is 1. The Morgan fingerprint density at radius 3 is 2.48 bits per heavy atom. The van der Waals surface area contributed by atoms with Crippen molar-refractivity contribution in [2.75, 3.05) is 13.2 Å². The van der Waals surface area contributed by atoms with Crippen LogP contribution < -0.4 is 4.74 Å². The third-order valence-electron chi connectivity index (χ3n) is 5.53. The van der Waals surface area contributed by atoms with Crippen LogP contribution in [0.2, 0.25) is 0 Å². The molecule has 1 saturated carbocycles. The summed E-state index contributed by atoms with van der Waals surface area (Å²) < 4.78 is 11.3. The van der Waals surface area contributed by atoms with Crippen molar-refractivity contribution in [1.82, 2.24) is 9.97 Å². The van der Waals surface area contributed by atoms with Gasteiger partial charge in [-0.3, -0.25) is 14.9 Å². The van der Waals surface area contributed by atoms with Crippen molar-refractivity contribution in [2.24, 2.45) is 17.3 Å². The highest BCUT2D eigenvalue weighted by atomic mass is 16.6. The van der Waals surface area contributed by atoms with E-state index in [1.54, 1.807) is 27.7 Å². The molecule has 10 nitrogen and oxygen atoms in total. The van der Waals surface area contributed by atoms with Crippen LogP contribution in [0.4, 0.5) is 5.69 Å². The number of hydrogen-bond donors (Lipinski definition) is 2. The maximum absolute atomic E-state index is 12.0. The molecule has 1 fully saturated rings. The molecule has 1 aliphatic rings. The molecule has 2 N–H and O–H groups in total. The summed E-state index contributed by atoms with van der Waals surface area (Å²) in [5, 5.41) is 31.7. The Morgan fingerprint density at radius 1 is 1.23 bits per heavy atom. The molecule has 0 aromatic carbocycles. The molecule has 0 amide bonds. The second kappa shape index (κ2) is 10.3. The first-order valence-corrected chi connectivity index (χ1v) is 10.6. The van der Waals surface area contributed by atoms with Crippen LogP contribution in [0.5, 0.6) is 5.88 Å². The number of aryl methyl sites for hydroxylation is 2. The number of hydrogen-bond acceptors (Lipinski definition) is 9. The van der Waals surface area contributed by atoms with Crippen LogP contribution in [0.25, 0.3) is 0 Å². The Kier molecular flexibility index (Phi) is 8.30. The van der Waals surface area contributed by atoms with Gasteiger partial charge in [0.05, 0.1) is 23.0 Å². The van der Waals surface area contributed by atoms with E-state index in [4.69, 9.17) is 9.47 Å². The highest BCUT2D eigenvalue weighted by Crippen LogP contribution is 2.40. The van der Waals surface area contributed by atoms with E-state index in [0.29, 0.717) is 31.5 Å². The van der Waals surface area contributed by atoms with Crippen molar-refractivity contribution in [2.45, 2.75) is 72.5 Å². The molecule has 0 aliphatic heterocycles. The van der Waals surface area contributed by atoms with E-state index in [1.807, 2.05) is 0 Å². The fourth-order valence-electron chi connectivity index (χ4n) is 3.92. The number of aromatic nitrogens is 2. The molecule has 4 atom stereocenters. The molecule has 174 valence electrons. The first-order chi connectivity index (χ1) is 14.5. The van der Waals surface area contributed by atoms with Crippen LogP contribution in [-0.4, -0.2) is 56.5 Å². The Morgan fingerprint density at radius 2 is 1.90 bits per heavy atom. The lowest BCUT2D eigenvalue weighted by atomic mass is 9.97. The maximum Gasteiger partial charge on any atom is 0.351 e. The zero-order valence-corrected chi connectivity index (χ0v) is 18.8. The Balaban J connectivity index is 2.17. The zero-order chi connectivity index (χ0) is 23.3. The minimum absolute atomic E-state index is 0.000944. The van der Waals surface area contributed by atoms with Gasteiger partial charge in [0.2, 0.25) is 0 Å². The molecule has 1 heterocycles. The van der Waals surface area contributed by atoms with Crippen LogP contribution in [0.1, 0.15) is 58.0 Å². The number of aliphatic hydroxyl groups is 2. The lowest BCUT2D eigenvalue weighted by Gasteiger charge is -2.24. The molecule has 1 aliphatic carbocycles. The van der Waals surface area contributed by atoms with Gasteiger partial charge < -0.3 is 19.7 Å². The van der Waals surface area contributed by atoms with Gasteiger partial charge >= 0.3 is 11.7 Å². The smallest absolute Gasteiger partial charge is 0.351 e. The molecule has 1 aromatic rings. The molecular weight excluding hydrogens is 406 g/mol. The number of carbonyl (C=O) groups excluding carboxylic acids is 1. The standard InChI is InChI=1S/C21H33N3O7/c1-12-16(24(28)29)19(23-13(2)22-12)31-18-15(7-6-9-25)11-14(17(18)26)8-10-30-20(27)21(3,4)5/h14-15,17-18,25-26H,6-11H2,1-5H3/t14-,15-,17+,18-/m0/s1. The lowest BCUT2D eigenvalue weighted by Crippen LogP contribution is -2.35. The SMILES string of the molecule is Cc1nc(C)c([N+](=O)[O-])c(O[C@H]2[C@@H](CCCO)C[C@H](CCOC(=O)C(C)(C)C)[C@H]2O)n1. The summed E-state index contributed by atoms with van der Waals surface area (Å²) in [4.78, 5) is 31.0. The highest BCUT2D eigenvalue weighted by Gasteiger charge is 2.45. The predicted octanol–water partition coefficient (Wildman–Crippen LogP) is 2.50. The Labute approximate surface area is 182 Å². The summed E-state index contributed by atoms with van der Waals surface area (Å²) >= 11 is 0. The second-order valence-corrected chi connectivity index (χ2v) is 9.14. The fraction of sp³-hybridized carbons (Fsp3) is 0.762. The molecule has 2 rings (SSSR count). The quantitative estimate of drug-likeness (QED) is 0.337. The summed E-state index contributed by atoms with van der Waals surface area (Å²) in [6.45, 7) is 8.61. The van der Waals surface area contributed by atoms with Crippen molar-refractivity contribution in [3.8, 4) is 5.88 Å². The monoisotopic (exact) mass is 439 g/mol. The van der Waals surface area contributed by atoms with Crippen molar-refractivity contribution in [3.05, 3.63) is 21.6 Å². The van der Waals surface area contributed by atoms with Crippen LogP contribution >= 0.6 is 0 Å². The van der Waals surface area contributed by atoms with E-state index < -0.39 is 22.5 Å². The van der Waals surface area contributed by atoms with Crippen molar-refractivity contribution in [1.29, 1.82) is 0 Å². The summed E-state index contributed by atoms with van der Waals surface area (Å²) in [5.74, 6) is -0.464. The largest absolute Gasteiger partial charge is 0.466 e. The number of rotatable bonds is 9. The van der Waals surface area contributed by atoms with Gasteiger partial charge in [0.15, 0.2) is 0 Å². The summed E-state index contributed by atoms with van der Waals surface area (Å²) in [5.41, 5.74) is -0.732. The topological polar surface area (TPSA) is 145 Å². The number of carbonyl (C=O) groups is 1. The first-order valence-electron chi connectivity index (χ1n) is 10.6. The average Bonchev–Trinajstić information content (AvgIpc) is 2.93. The van der Waals surface area contributed by atoms with E-state index in [2.05, 4.69) is 9.97 Å². The molecule has 0 spiro atoms. The molecule has 10 heteroatoms. The first kappa shape index (κ1) is 24.9. The van der Waals surface area contributed by atoms with Gasteiger partial charge in [-0.2, -0.15) is 4.98 Å². The van der Waals surface area contributed by atoms with Gasteiger partial charge in [-0.05, 0) is 72.1 Å². The molecule has 0 radical (unpaired) electrons. The molecule has 0 saturated heterocycles. The average molecular weight is 440 g/mol. The highest BCUT2D eigenvalue weighted by molar-refractivity contribution is 5.75. The van der Waals surface area contributed by atoms with E-state index in [0.717, 1.165) is 0 Å². The molecule has 1 aromatic heterocycles. The minimum atomic E-state index is -0.910. The van der Waals surface area contributed by atoms with Gasteiger partial charge in [-0.25, -0.2) is 4.98 Å². The number of nitrogens with zero attached hydrogens (tertiary/aromatic N) is 3. The molecule has 0 unspecified atom stereocenters. The van der Waals surface area contributed by atoms with Gasteiger partial charge in [-0.1, -0.05) is 0 Å². The summed E-state index contributed by atoms with van der Waals surface area (Å²) in [6.07, 6.45) is 0.521. The molecular formula is C21H33N3O7. The number of aliphatic hydroxyl groups excluding tert-OH is 2. The van der Waals surface area contributed by atoms with Gasteiger partial charge in [0.1, 0.15) is 17.6 Å². The van der Waals surface area contributed by atoms with Crippen LogP contribution in [-0.2, 0) is 9.53 Å². The predicted molar refractivity (Wildman–Crippen MR) is 112 cm³/mol. The van der Waals surface area contributed by atoms with Crippen molar-refractivity contribution < 1.29 is 29.4 Å². The van der Waals surface area contributed by atoms with E-state index >= 15 is 0 Å². The van der Waals surface area contributed by atoms with Crippen LogP contribution in [0, 0.1) is 41.2 Å². The number of ether oxygens (including phenoxy) is 2. The van der Waals surface area contributed by atoms with Crippen LogP contribution in [0.15, 0.2) is 0 Å². The van der Waals surface area contributed by atoms with E-state index in [1.165, 1.54) is 6.92 Å². The lowest BCUT2D eigenvalue weighted by molar-refractivity contribution is -0.387. The van der Waals surface area contributed by atoms with Crippen LogP contribution in [0.3, 0.4) is 0 Å².